The summed E-state index contributed by atoms with van der Waals surface area (Å²) in [7, 11) is 1.75. The molecule has 1 fully saturated rings. The van der Waals surface area contributed by atoms with E-state index in [4.69, 9.17) is 9.47 Å². The number of piperidine rings is 1. The minimum Gasteiger partial charge on any atom is -0.496 e. The molecular weight excluding hydrogens is 238 g/mol. The van der Waals surface area contributed by atoms with Gasteiger partial charge in [-0.05, 0) is 75.4 Å². The summed E-state index contributed by atoms with van der Waals surface area (Å²) in [5.41, 5.74) is 2.41. The maximum absolute atomic E-state index is 5.69. The van der Waals surface area contributed by atoms with E-state index in [0.29, 0.717) is 12.5 Å². The normalized spacial score (nSPS) is 19.2. The average Bonchev–Trinajstić information content (AvgIpc) is 2.43. The van der Waals surface area contributed by atoms with Crippen molar-refractivity contribution >= 4 is 0 Å². The van der Waals surface area contributed by atoms with Crippen molar-refractivity contribution in [2.24, 2.45) is 5.92 Å². The van der Waals surface area contributed by atoms with Gasteiger partial charge in [0.25, 0.3) is 0 Å². The van der Waals surface area contributed by atoms with Crippen LogP contribution < -0.4 is 14.8 Å². The molecule has 0 amide bonds. The van der Waals surface area contributed by atoms with Crippen LogP contribution >= 0.6 is 0 Å². The summed E-state index contributed by atoms with van der Waals surface area (Å²) in [5.74, 6) is 2.69. The molecule has 0 aliphatic carbocycles. The van der Waals surface area contributed by atoms with Crippen LogP contribution in [0.2, 0.25) is 0 Å². The first kappa shape index (κ1) is 14.2. The fourth-order valence-electron chi connectivity index (χ4n) is 2.77. The highest BCUT2D eigenvalue weighted by Crippen LogP contribution is 2.31. The molecule has 0 spiro atoms. The standard InChI is InChI=1S/C16H25NO2/c1-4-19-15-10-14(16(18-3)8-12(15)2)9-13-6-5-7-17-11-13/h8,10,13,17H,4-7,9,11H2,1-3H3. The second-order valence-electron chi connectivity index (χ2n) is 5.28. The Kier molecular flexibility index (Phi) is 5.08. The predicted molar refractivity (Wildman–Crippen MR) is 78.2 cm³/mol. The Morgan fingerprint density at radius 3 is 2.79 bits per heavy atom. The van der Waals surface area contributed by atoms with Crippen molar-refractivity contribution in [3.8, 4) is 11.5 Å². The number of nitrogens with one attached hydrogen (secondary N) is 1. The molecule has 1 aromatic carbocycles. The van der Waals surface area contributed by atoms with Gasteiger partial charge in [0.2, 0.25) is 0 Å². The third kappa shape index (κ3) is 3.63. The Bertz CT molecular complexity index is 411. The zero-order valence-electron chi connectivity index (χ0n) is 12.3. The van der Waals surface area contributed by atoms with E-state index in [2.05, 4.69) is 24.4 Å². The molecule has 19 heavy (non-hydrogen) atoms. The SMILES string of the molecule is CCOc1cc(CC2CCCNC2)c(OC)cc1C. The lowest BCUT2D eigenvalue weighted by Gasteiger charge is -2.24. The number of benzene rings is 1. The van der Waals surface area contributed by atoms with E-state index in [9.17, 15) is 0 Å². The molecule has 1 unspecified atom stereocenters. The highest BCUT2D eigenvalue weighted by Gasteiger charge is 2.17. The molecule has 1 saturated heterocycles. The van der Waals surface area contributed by atoms with Gasteiger partial charge in [-0.15, -0.1) is 0 Å². The fourth-order valence-corrected chi connectivity index (χ4v) is 2.77. The number of methoxy groups -OCH3 is 1. The molecular formula is C16H25NO2. The molecule has 106 valence electrons. The topological polar surface area (TPSA) is 30.5 Å². The van der Waals surface area contributed by atoms with Gasteiger partial charge in [-0.25, -0.2) is 0 Å². The largest absolute Gasteiger partial charge is 0.496 e. The van der Waals surface area contributed by atoms with Gasteiger partial charge in [0.1, 0.15) is 11.5 Å². The first-order chi connectivity index (χ1) is 9.24. The average molecular weight is 263 g/mol. The van der Waals surface area contributed by atoms with Crippen LogP contribution in [0.1, 0.15) is 30.9 Å². The number of hydrogen-bond donors (Lipinski definition) is 1. The van der Waals surface area contributed by atoms with Crippen LogP contribution in [0.5, 0.6) is 11.5 Å². The van der Waals surface area contributed by atoms with Crippen LogP contribution in [0.4, 0.5) is 0 Å². The van der Waals surface area contributed by atoms with E-state index in [1.54, 1.807) is 7.11 Å². The lowest BCUT2D eigenvalue weighted by molar-refractivity contribution is 0.333. The molecule has 1 aliphatic rings. The third-order valence-corrected chi connectivity index (χ3v) is 3.79. The Morgan fingerprint density at radius 1 is 1.32 bits per heavy atom. The van der Waals surface area contributed by atoms with Gasteiger partial charge in [0.15, 0.2) is 0 Å². The second kappa shape index (κ2) is 6.80. The predicted octanol–water partition coefficient (Wildman–Crippen LogP) is 2.94. The van der Waals surface area contributed by atoms with Crippen molar-refractivity contribution in [2.75, 3.05) is 26.8 Å². The van der Waals surface area contributed by atoms with E-state index < -0.39 is 0 Å². The number of aryl methyl sites for hydroxylation is 1. The molecule has 1 heterocycles. The van der Waals surface area contributed by atoms with Gasteiger partial charge in [-0.3, -0.25) is 0 Å². The Labute approximate surface area is 116 Å². The Hall–Kier alpha value is -1.22. The fraction of sp³-hybridized carbons (Fsp3) is 0.625. The van der Waals surface area contributed by atoms with Gasteiger partial charge in [-0.2, -0.15) is 0 Å². The maximum atomic E-state index is 5.69. The zero-order valence-corrected chi connectivity index (χ0v) is 12.3. The molecule has 3 nitrogen and oxygen atoms in total. The van der Waals surface area contributed by atoms with Gasteiger partial charge in [-0.1, -0.05) is 0 Å². The van der Waals surface area contributed by atoms with E-state index in [0.717, 1.165) is 36.6 Å². The van der Waals surface area contributed by atoms with Crippen LogP contribution in [-0.2, 0) is 6.42 Å². The van der Waals surface area contributed by atoms with Crippen molar-refractivity contribution < 1.29 is 9.47 Å². The molecule has 1 N–H and O–H groups in total. The summed E-state index contributed by atoms with van der Waals surface area (Å²) in [4.78, 5) is 0. The van der Waals surface area contributed by atoms with Gasteiger partial charge in [0.05, 0.1) is 13.7 Å². The van der Waals surface area contributed by atoms with Crippen LogP contribution in [0.15, 0.2) is 12.1 Å². The van der Waals surface area contributed by atoms with Crippen LogP contribution in [0.25, 0.3) is 0 Å². The second-order valence-corrected chi connectivity index (χ2v) is 5.28. The molecule has 0 saturated carbocycles. The smallest absolute Gasteiger partial charge is 0.122 e. The van der Waals surface area contributed by atoms with Crippen molar-refractivity contribution in [3.05, 3.63) is 23.3 Å². The third-order valence-electron chi connectivity index (χ3n) is 3.79. The summed E-state index contributed by atoms with van der Waals surface area (Å²) in [5, 5.41) is 3.47. The number of ether oxygens (including phenoxy) is 2. The number of rotatable bonds is 5. The summed E-state index contributed by atoms with van der Waals surface area (Å²) in [6, 6.07) is 4.25. The van der Waals surface area contributed by atoms with Crippen molar-refractivity contribution in [2.45, 2.75) is 33.1 Å². The van der Waals surface area contributed by atoms with Crippen molar-refractivity contribution in [1.29, 1.82) is 0 Å². The first-order valence-corrected chi connectivity index (χ1v) is 7.25. The van der Waals surface area contributed by atoms with Crippen molar-refractivity contribution in [3.63, 3.8) is 0 Å². The van der Waals surface area contributed by atoms with Crippen molar-refractivity contribution in [1.82, 2.24) is 5.32 Å². The Balaban J connectivity index is 2.18. The van der Waals surface area contributed by atoms with E-state index >= 15 is 0 Å². The zero-order chi connectivity index (χ0) is 13.7. The molecule has 0 bridgehead atoms. The van der Waals surface area contributed by atoms with Crippen LogP contribution in [0.3, 0.4) is 0 Å². The van der Waals surface area contributed by atoms with Crippen LogP contribution in [0, 0.1) is 12.8 Å². The summed E-state index contributed by atoms with van der Waals surface area (Å²) >= 11 is 0. The number of hydrogen-bond acceptors (Lipinski definition) is 3. The van der Waals surface area contributed by atoms with Gasteiger partial charge in [0, 0.05) is 0 Å². The van der Waals surface area contributed by atoms with E-state index in [-0.39, 0.29) is 0 Å². The molecule has 0 radical (unpaired) electrons. The minimum absolute atomic E-state index is 0.706. The Morgan fingerprint density at radius 2 is 2.16 bits per heavy atom. The molecule has 0 aromatic heterocycles. The minimum atomic E-state index is 0.706. The lowest BCUT2D eigenvalue weighted by atomic mass is 9.91. The molecule has 1 aromatic rings. The summed E-state index contributed by atoms with van der Waals surface area (Å²) in [6.45, 7) is 7.07. The molecule has 3 heteroatoms. The van der Waals surface area contributed by atoms with E-state index in [1.165, 1.54) is 18.4 Å². The van der Waals surface area contributed by atoms with Crippen LogP contribution in [-0.4, -0.2) is 26.8 Å². The summed E-state index contributed by atoms with van der Waals surface area (Å²) in [6.07, 6.45) is 3.64. The highest BCUT2D eigenvalue weighted by atomic mass is 16.5. The molecule has 1 atom stereocenters. The van der Waals surface area contributed by atoms with Gasteiger partial charge < -0.3 is 14.8 Å². The summed E-state index contributed by atoms with van der Waals surface area (Å²) < 4.78 is 11.2. The monoisotopic (exact) mass is 263 g/mol. The molecule has 1 aliphatic heterocycles. The first-order valence-electron chi connectivity index (χ1n) is 7.25. The highest BCUT2D eigenvalue weighted by molar-refractivity contribution is 5.46. The quantitative estimate of drug-likeness (QED) is 0.886. The van der Waals surface area contributed by atoms with Gasteiger partial charge >= 0.3 is 0 Å². The molecule has 2 rings (SSSR count). The van der Waals surface area contributed by atoms with E-state index in [1.807, 2.05) is 6.92 Å². The maximum Gasteiger partial charge on any atom is 0.122 e. The lowest BCUT2D eigenvalue weighted by Crippen LogP contribution is -2.30.